The van der Waals surface area contributed by atoms with Crippen LogP contribution in [0.5, 0.6) is 0 Å². The molecule has 0 radical (unpaired) electrons. The molecule has 0 aliphatic carbocycles. The maximum absolute atomic E-state index is 12.2. The molecule has 0 unspecified atom stereocenters. The molecule has 22 heavy (non-hydrogen) atoms. The number of nitrogens with zero attached hydrogens (tertiary/aromatic N) is 2. The number of carbonyl (C=O) groups excluding carboxylic acids is 1. The van der Waals surface area contributed by atoms with Crippen LogP contribution in [0, 0.1) is 6.92 Å². The molecule has 0 bridgehead atoms. The van der Waals surface area contributed by atoms with E-state index in [9.17, 15) is 14.7 Å². The number of aryl methyl sites for hydroxylation is 1. The van der Waals surface area contributed by atoms with Gasteiger partial charge in [-0.15, -0.1) is 0 Å². The first-order chi connectivity index (χ1) is 10.4. The number of nitrogens with one attached hydrogen (secondary N) is 1. The minimum Gasteiger partial charge on any atom is -0.480 e. The Hall–Kier alpha value is -2.34. The second-order valence-electron chi connectivity index (χ2n) is 4.93. The van der Waals surface area contributed by atoms with Gasteiger partial charge in [0.15, 0.2) is 5.69 Å². The van der Waals surface area contributed by atoms with Crippen LogP contribution in [0.15, 0.2) is 30.3 Å². The Kier molecular flexibility index (Phi) is 4.82. The predicted octanol–water partition coefficient (Wildman–Crippen LogP) is 1.81. The summed E-state index contributed by atoms with van der Waals surface area (Å²) in [6.45, 7) is 1.73. The fraction of sp³-hybridized carbons (Fsp3) is 0.267. The normalized spacial score (nSPS) is 12.0. The van der Waals surface area contributed by atoms with E-state index in [2.05, 4.69) is 10.4 Å². The van der Waals surface area contributed by atoms with E-state index in [1.807, 2.05) is 18.2 Å². The van der Waals surface area contributed by atoms with Gasteiger partial charge in [0.2, 0.25) is 0 Å². The molecule has 0 aliphatic heterocycles. The number of rotatable bonds is 5. The molecule has 2 rings (SSSR count). The Morgan fingerprint density at radius 2 is 2.00 bits per heavy atom. The summed E-state index contributed by atoms with van der Waals surface area (Å²) in [6, 6.07) is 8.03. The highest BCUT2D eigenvalue weighted by Crippen LogP contribution is 2.19. The van der Waals surface area contributed by atoms with Crippen molar-refractivity contribution in [3.05, 3.63) is 52.3 Å². The largest absolute Gasteiger partial charge is 0.480 e. The van der Waals surface area contributed by atoms with Gasteiger partial charge in [0.1, 0.15) is 6.04 Å². The first-order valence-electron chi connectivity index (χ1n) is 6.67. The van der Waals surface area contributed by atoms with E-state index in [0.29, 0.717) is 5.69 Å². The van der Waals surface area contributed by atoms with Crippen LogP contribution < -0.4 is 5.32 Å². The van der Waals surface area contributed by atoms with Crippen LogP contribution in [0.25, 0.3) is 0 Å². The molecular weight excluding hydrogens is 306 g/mol. The zero-order valence-corrected chi connectivity index (χ0v) is 13.0. The van der Waals surface area contributed by atoms with E-state index >= 15 is 0 Å². The van der Waals surface area contributed by atoms with Crippen LogP contribution in [0.1, 0.15) is 21.7 Å². The summed E-state index contributed by atoms with van der Waals surface area (Å²) in [6.07, 6.45) is 0.186. The number of aliphatic carboxylic acids is 1. The quantitative estimate of drug-likeness (QED) is 0.879. The lowest BCUT2D eigenvalue weighted by Crippen LogP contribution is -2.42. The number of aromatic nitrogens is 2. The van der Waals surface area contributed by atoms with Crippen LogP contribution in [-0.2, 0) is 18.3 Å². The Labute approximate surface area is 132 Å². The Balaban J connectivity index is 2.15. The van der Waals surface area contributed by atoms with E-state index in [1.165, 1.54) is 4.68 Å². The van der Waals surface area contributed by atoms with Gasteiger partial charge in [0, 0.05) is 13.5 Å². The number of carboxylic acid groups (broad SMARTS) is 1. The van der Waals surface area contributed by atoms with Crippen molar-refractivity contribution < 1.29 is 14.7 Å². The fourth-order valence-electron chi connectivity index (χ4n) is 2.00. The SMILES string of the molecule is Cc1c(Cl)c(C(=O)N[C@H](Cc2ccccc2)C(=O)O)nn1C. The van der Waals surface area contributed by atoms with Gasteiger partial charge in [-0.1, -0.05) is 41.9 Å². The molecule has 116 valence electrons. The molecule has 1 aromatic carbocycles. The number of benzene rings is 1. The molecule has 0 spiro atoms. The first-order valence-corrected chi connectivity index (χ1v) is 7.04. The van der Waals surface area contributed by atoms with Gasteiger partial charge in [-0.05, 0) is 12.5 Å². The Morgan fingerprint density at radius 1 is 1.36 bits per heavy atom. The average molecular weight is 322 g/mol. The predicted molar refractivity (Wildman–Crippen MR) is 82.0 cm³/mol. The molecule has 0 saturated carbocycles. The van der Waals surface area contributed by atoms with Crippen molar-refractivity contribution in [3.63, 3.8) is 0 Å². The van der Waals surface area contributed by atoms with Crippen LogP contribution in [0.3, 0.4) is 0 Å². The number of hydrogen-bond donors (Lipinski definition) is 2. The summed E-state index contributed by atoms with van der Waals surface area (Å²) < 4.78 is 1.48. The molecule has 2 N–H and O–H groups in total. The van der Waals surface area contributed by atoms with Crippen LogP contribution in [0.2, 0.25) is 5.02 Å². The molecule has 0 aliphatic rings. The number of carboxylic acids is 1. The summed E-state index contributed by atoms with van der Waals surface area (Å²) in [4.78, 5) is 23.6. The van der Waals surface area contributed by atoms with Gasteiger partial charge in [-0.3, -0.25) is 9.48 Å². The minimum absolute atomic E-state index is 0.0287. The molecule has 1 heterocycles. The highest BCUT2D eigenvalue weighted by molar-refractivity contribution is 6.34. The summed E-state index contributed by atoms with van der Waals surface area (Å²) in [5.74, 6) is -1.71. The molecular formula is C15H16ClN3O3. The third-order valence-electron chi connectivity index (χ3n) is 3.36. The molecule has 0 saturated heterocycles. The lowest BCUT2D eigenvalue weighted by molar-refractivity contribution is -0.139. The van der Waals surface area contributed by atoms with Crippen molar-refractivity contribution in [2.24, 2.45) is 7.05 Å². The van der Waals surface area contributed by atoms with E-state index in [4.69, 9.17) is 11.6 Å². The summed E-state index contributed by atoms with van der Waals surface area (Å²) in [7, 11) is 1.66. The Morgan fingerprint density at radius 3 is 2.50 bits per heavy atom. The second kappa shape index (κ2) is 6.62. The molecule has 1 aromatic heterocycles. The first kappa shape index (κ1) is 16.0. The van der Waals surface area contributed by atoms with Crippen LogP contribution >= 0.6 is 11.6 Å². The number of carbonyl (C=O) groups is 2. The third-order valence-corrected chi connectivity index (χ3v) is 3.81. The van der Waals surface area contributed by atoms with Gasteiger partial charge in [-0.2, -0.15) is 5.10 Å². The summed E-state index contributed by atoms with van der Waals surface area (Å²) in [5.41, 5.74) is 1.49. The van der Waals surface area contributed by atoms with Crippen molar-refractivity contribution in [2.75, 3.05) is 0 Å². The maximum Gasteiger partial charge on any atom is 0.326 e. The molecule has 1 amide bonds. The summed E-state index contributed by atoms with van der Waals surface area (Å²) in [5, 5.41) is 16.0. The summed E-state index contributed by atoms with van der Waals surface area (Å²) >= 11 is 6.04. The van der Waals surface area contributed by atoms with Gasteiger partial charge in [0.05, 0.1) is 10.7 Å². The maximum atomic E-state index is 12.2. The zero-order valence-electron chi connectivity index (χ0n) is 12.2. The topological polar surface area (TPSA) is 84.2 Å². The van der Waals surface area contributed by atoms with Crippen molar-refractivity contribution in [1.29, 1.82) is 0 Å². The molecule has 0 fully saturated rings. The van der Waals surface area contributed by atoms with Gasteiger partial charge in [-0.25, -0.2) is 4.79 Å². The molecule has 7 heteroatoms. The lowest BCUT2D eigenvalue weighted by atomic mass is 10.1. The van der Waals surface area contributed by atoms with Crippen molar-refractivity contribution in [1.82, 2.24) is 15.1 Å². The van der Waals surface area contributed by atoms with E-state index in [0.717, 1.165) is 5.56 Å². The molecule has 1 atom stereocenters. The zero-order chi connectivity index (χ0) is 16.3. The van der Waals surface area contributed by atoms with Crippen LogP contribution in [-0.4, -0.2) is 32.8 Å². The van der Waals surface area contributed by atoms with E-state index in [1.54, 1.807) is 26.1 Å². The van der Waals surface area contributed by atoms with Crippen molar-refractivity contribution in [2.45, 2.75) is 19.4 Å². The van der Waals surface area contributed by atoms with Gasteiger partial charge in [0.25, 0.3) is 5.91 Å². The minimum atomic E-state index is -1.11. The average Bonchev–Trinajstić information content (AvgIpc) is 2.75. The number of amides is 1. The lowest BCUT2D eigenvalue weighted by Gasteiger charge is -2.14. The van der Waals surface area contributed by atoms with Gasteiger partial charge < -0.3 is 10.4 Å². The van der Waals surface area contributed by atoms with Crippen LogP contribution in [0.4, 0.5) is 0 Å². The number of halogens is 1. The highest BCUT2D eigenvalue weighted by atomic mass is 35.5. The van der Waals surface area contributed by atoms with E-state index in [-0.39, 0.29) is 17.1 Å². The monoisotopic (exact) mass is 321 g/mol. The molecule has 2 aromatic rings. The van der Waals surface area contributed by atoms with E-state index < -0.39 is 17.9 Å². The standard InChI is InChI=1S/C15H16ClN3O3/c1-9-12(16)13(18-19(9)2)14(20)17-11(15(21)22)8-10-6-4-3-5-7-10/h3-7,11H,8H2,1-2H3,(H,17,20)(H,21,22)/t11-/m1/s1. The van der Waals surface area contributed by atoms with Crippen molar-refractivity contribution >= 4 is 23.5 Å². The molecule has 6 nitrogen and oxygen atoms in total. The fourth-order valence-corrected chi connectivity index (χ4v) is 2.25. The highest BCUT2D eigenvalue weighted by Gasteiger charge is 2.25. The smallest absolute Gasteiger partial charge is 0.326 e. The number of hydrogen-bond acceptors (Lipinski definition) is 3. The Bertz CT molecular complexity index is 698. The second-order valence-corrected chi connectivity index (χ2v) is 5.30. The third kappa shape index (κ3) is 3.46. The van der Waals surface area contributed by atoms with Gasteiger partial charge >= 0.3 is 5.97 Å². The van der Waals surface area contributed by atoms with Crippen molar-refractivity contribution in [3.8, 4) is 0 Å².